The van der Waals surface area contributed by atoms with Crippen LogP contribution < -0.4 is 0 Å². The SMILES string of the molecule is CCCCCCC/C=C\C/C=C\CCCCCCCCCCCC(=O)OC(COC(=O)CCCCCCCCCC)COC(=O)CCCCCCCCCCCCCCCCCCCCCCCCCCCCCCCCCC. The van der Waals surface area contributed by atoms with E-state index in [2.05, 4.69) is 45.1 Å². The lowest BCUT2D eigenvalue weighted by Gasteiger charge is -2.18. The van der Waals surface area contributed by atoms with E-state index in [1.54, 1.807) is 0 Å². The van der Waals surface area contributed by atoms with Crippen LogP contribution in [0.1, 0.15) is 406 Å². The molecule has 6 heteroatoms. The van der Waals surface area contributed by atoms with Gasteiger partial charge in [-0.15, -0.1) is 0 Å². The molecule has 0 rings (SSSR count). The summed E-state index contributed by atoms with van der Waals surface area (Å²) in [6, 6.07) is 0. The van der Waals surface area contributed by atoms with Gasteiger partial charge in [-0.3, -0.25) is 14.4 Å². The Kier molecular flexibility index (Phi) is 66.6. The summed E-state index contributed by atoms with van der Waals surface area (Å²) in [5.74, 6) is -0.848. The maximum Gasteiger partial charge on any atom is 0.306 e. The average Bonchev–Trinajstić information content (AvgIpc) is 3.45. The topological polar surface area (TPSA) is 78.9 Å². The Hall–Kier alpha value is -2.11. The summed E-state index contributed by atoms with van der Waals surface area (Å²) in [6.07, 6.45) is 83.9. The predicted molar refractivity (Wildman–Crippen MR) is 344 cm³/mol. The summed E-state index contributed by atoms with van der Waals surface area (Å²) in [5, 5.41) is 0. The predicted octanol–water partition coefficient (Wildman–Crippen LogP) is 24.6. The number of unbranched alkanes of at least 4 members (excludes halogenated alkanes) is 52. The molecule has 6 nitrogen and oxygen atoms in total. The fourth-order valence-corrected chi connectivity index (χ4v) is 11.1. The van der Waals surface area contributed by atoms with Crippen LogP contribution in [-0.2, 0) is 28.6 Å². The maximum absolute atomic E-state index is 12.9. The monoisotopic (exact) mass is 1110 g/mol. The summed E-state index contributed by atoms with van der Waals surface area (Å²) < 4.78 is 16.9. The highest BCUT2D eigenvalue weighted by Gasteiger charge is 2.19. The Balaban J connectivity index is 4.00. The van der Waals surface area contributed by atoms with Crippen LogP contribution in [0, 0.1) is 0 Å². The van der Waals surface area contributed by atoms with Gasteiger partial charge in [-0.05, 0) is 51.4 Å². The van der Waals surface area contributed by atoms with Crippen LogP contribution in [0.5, 0.6) is 0 Å². The van der Waals surface area contributed by atoms with Crippen molar-refractivity contribution in [1.29, 1.82) is 0 Å². The van der Waals surface area contributed by atoms with Gasteiger partial charge in [0.15, 0.2) is 6.10 Å². The van der Waals surface area contributed by atoms with E-state index in [1.807, 2.05) is 0 Å². The van der Waals surface area contributed by atoms with Gasteiger partial charge in [0.2, 0.25) is 0 Å². The van der Waals surface area contributed by atoms with Crippen molar-refractivity contribution in [2.45, 2.75) is 412 Å². The van der Waals surface area contributed by atoms with Crippen molar-refractivity contribution in [3.63, 3.8) is 0 Å². The minimum absolute atomic E-state index is 0.0673. The van der Waals surface area contributed by atoms with Gasteiger partial charge in [0.25, 0.3) is 0 Å². The van der Waals surface area contributed by atoms with Crippen LogP contribution in [-0.4, -0.2) is 37.2 Å². The molecule has 0 heterocycles. The molecule has 0 fully saturated rings. The van der Waals surface area contributed by atoms with Crippen molar-refractivity contribution in [2.24, 2.45) is 0 Å². The minimum Gasteiger partial charge on any atom is -0.462 e. The van der Waals surface area contributed by atoms with E-state index in [-0.39, 0.29) is 31.1 Å². The van der Waals surface area contributed by atoms with Crippen molar-refractivity contribution in [1.82, 2.24) is 0 Å². The third-order valence-corrected chi connectivity index (χ3v) is 16.5. The molecule has 0 aliphatic rings. The molecule has 0 saturated heterocycles. The summed E-state index contributed by atoms with van der Waals surface area (Å²) in [5.41, 5.74) is 0. The van der Waals surface area contributed by atoms with Gasteiger partial charge in [0.1, 0.15) is 13.2 Å². The van der Waals surface area contributed by atoms with Gasteiger partial charge in [-0.25, -0.2) is 0 Å². The molecule has 0 aromatic carbocycles. The molecule has 0 aromatic heterocycles. The zero-order valence-electron chi connectivity index (χ0n) is 53.7. The maximum atomic E-state index is 12.9. The second kappa shape index (κ2) is 68.4. The Morgan fingerprint density at radius 3 is 0.696 bits per heavy atom. The highest BCUT2D eigenvalue weighted by molar-refractivity contribution is 5.71. The van der Waals surface area contributed by atoms with E-state index in [1.165, 1.54) is 302 Å². The molecule has 0 aliphatic heterocycles. The lowest BCUT2D eigenvalue weighted by molar-refractivity contribution is -0.167. The zero-order chi connectivity index (χ0) is 57.1. The molecule has 0 radical (unpaired) electrons. The second-order valence-electron chi connectivity index (χ2n) is 24.5. The standard InChI is InChI=1S/C73H138O6/c1-4-7-10-13-16-19-21-23-25-27-29-31-32-33-34-35-36-37-38-39-40-41-43-44-46-48-50-52-54-57-60-63-66-72(75)78-69-70(68-77-71(74)65-62-59-56-18-15-12-9-6-3)79-73(76)67-64-61-58-55-53-51-49-47-45-42-30-28-26-24-22-20-17-14-11-8-5-2/h22,24,28,30,70H,4-21,23,25-27,29,31-69H2,1-3H3/b24-22-,30-28-. The first-order valence-corrected chi connectivity index (χ1v) is 35.8. The fourth-order valence-electron chi connectivity index (χ4n) is 11.1. The molecule has 0 bridgehead atoms. The van der Waals surface area contributed by atoms with Crippen LogP contribution in [0.25, 0.3) is 0 Å². The Morgan fingerprint density at radius 2 is 0.456 bits per heavy atom. The first-order chi connectivity index (χ1) is 39.0. The largest absolute Gasteiger partial charge is 0.462 e. The van der Waals surface area contributed by atoms with E-state index in [9.17, 15) is 14.4 Å². The van der Waals surface area contributed by atoms with Gasteiger partial charge < -0.3 is 14.2 Å². The molecule has 0 aromatic rings. The van der Waals surface area contributed by atoms with Crippen molar-refractivity contribution < 1.29 is 28.6 Å². The lowest BCUT2D eigenvalue weighted by atomic mass is 10.0. The van der Waals surface area contributed by atoms with Crippen molar-refractivity contribution in [3.05, 3.63) is 24.3 Å². The first kappa shape index (κ1) is 76.9. The van der Waals surface area contributed by atoms with Crippen molar-refractivity contribution in [3.8, 4) is 0 Å². The molecule has 0 spiro atoms. The van der Waals surface area contributed by atoms with Crippen LogP contribution in [0.15, 0.2) is 24.3 Å². The van der Waals surface area contributed by atoms with Crippen molar-refractivity contribution >= 4 is 17.9 Å². The molecule has 1 unspecified atom stereocenters. The molecular formula is C73H138O6. The van der Waals surface area contributed by atoms with E-state index in [0.717, 1.165) is 64.2 Å². The molecule has 79 heavy (non-hydrogen) atoms. The molecule has 0 N–H and O–H groups in total. The Bertz CT molecular complexity index is 1270. The number of carbonyl (C=O) groups is 3. The van der Waals surface area contributed by atoms with E-state index in [0.29, 0.717) is 19.3 Å². The second-order valence-corrected chi connectivity index (χ2v) is 24.5. The van der Waals surface area contributed by atoms with E-state index in [4.69, 9.17) is 14.2 Å². The quantitative estimate of drug-likeness (QED) is 0.0261. The van der Waals surface area contributed by atoms with Crippen LogP contribution >= 0.6 is 0 Å². The first-order valence-electron chi connectivity index (χ1n) is 35.8. The molecule has 0 aliphatic carbocycles. The number of carbonyl (C=O) groups excluding carboxylic acids is 3. The van der Waals surface area contributed by atoms with E-state index < -0.39 is 6.10 Å². The van der Waals surface area contributed by atoms with Gasteiger partial charge >= 0.3 is 17.9 Å². The highest BCUT2D eigenvalue weighted by atomic mass is 16.6. The normalized spacial score (nSPS) is 12.1. The fraction of sp³-hybridized carbons (Fsp3) is 0.904. The number of ether oxygens (including phenoxy) is 3. The molecule has 466 valence electrons. The van der Waals surface area contributed by atoms with Crippen LogP contribution in [0.4, 0.5) is 0 Å². The number of hydrogen-bond acceptors (Lipinski definition) is 6. The summed E-state index contributed by atoms with van der Waals surface area (Å²) in [7, 11) is 0. The third-order valence-electron chi connectivity index (χ3n) is 16.5. The Morgan fingerprint density at radius 1 is 0.253 bits per heavy atom. The number of allylic oxidation sites excluding steroid dienone is 4. The van der Waals surface area contributed by atoms with E-state index >= 15 is 0 Å². The summed E-state index contributed by atoms with van der Waals surface area (Å²) >= 11 is 0. The molecular weight excluding hydrogens is 973 g/mol. The number of rotatable bonds is 67. The lowest BCUT2D eigenvalue weighted by Crippen LogP contribution is -2.30. The smallest absolute Gasteiger partial charge is 0.306 e. The minimum atomic E-state index is -0.769. The Labute approximate surface area is 493 Å². The van der Waals surface area contributed by atoms with Crippen LogP contribution in [0.2, 0.25) is 0 Å². The van der Waals surface area contributed by atoms with Crippen LogP contribution in [0.3, 0.4) is 0 Å². The zero-order valence-corrected chi connectivity index (χ0v) is 53.7. The molecule has 0 amide bonds. The van der Waals surface area contributed by atoms with Gasteiger partial charge in [-0.1, -0.05) is 360 Å². The highest BCUT2D eigenvalue weighted by Crippen LogP contribution is 2.19. The molecule has 0 saturated carbocycles. The summed E-state index contributed by atoms with van der Waals surface area (Å²) in [6.45, 7) is 6.67. The van der Waals surface area contributed by atoms with Gasteiger partial charge in [-0.2, -0.15) is 0 Å². The third kappa shape index (κ3) is 66.6. The van der Waals surface area contributed by atoms with Gasteiger partial charge in [0, 0.05) is 19.3 Å². The number of esters is 3. The van der Waals surface area contributed by atoms with Gasteiger partial charge in [0.05, 0.1) is 0 Å². The summed E-state index contributed by atoms with van der Waals surface area (Å²) in [4.78, 5) is 38.2. The number of hydrogen-bond donors (Lipinski definition) is 0. The average molecular weight is 1110 g/mol. The van der Waals surface area contributed by atoms with Crippen molar-refractivity contribution in [2.75, 3.05) is 13.2 Å². The molecule has 1 atom stereocenters.